The molecule has 0 saturated carbocycles. The Hall–Kier alpha value is -3.47. The predicted octanol–water partition coefficient (Wildman–Crippen LogP) is 3.12. The van der Waals surface area contributed by atoms with Crippen LogP contribution in [0, 0.1) is 0 Å². The number of nitrogens with one attached hydrogen (secondary N) is 2. The van der Waals surface area contributed by atoms with Crippen LogP contribution in [-0.4, -0.2) is 23.3 Å². The summed E-state index contributed by atoms with van der Waals surface area (Å²) in [5, 5.41) is 5.30. The number of hydrogen-bond donors (Lipinski definition) is 2. The van der Waals surface area contributed by atoms with Crippen molar-refractivity contribution in [2.24, 2.45) is 0 Å². The van der Waals surface area contributed by atoms with Crippen LogP contribution in [0.4, 0.5) is 5.69 Å². The van der Waals surface area contributed by atoms with E-state index in [2.05, 4.69) is 15.6 Å². The fourth-order valence-electron chi connectivity index (χ4n) is 2.30. The van der Waals surface area contributed by atoms with Crippen LogP contribution in [0.5, 0.6) is 0 Å². The Balaban J connectivity index is 1.54. The van der Waals surface area contributed by atoms with E-state index in [4.69, 9.17) is 0 Å². The Morgan fingerprint density at radius 3 is 2.16 bits per heavy atom. The predicted molar refractivity (Wildman–Crippen MR) is 97.1 cm³/mol. The van der Waals surface area contributed by atoms with Crippen molar-refractivity contribution in [3.8, 4) is 11.3 Å². The Morgan fingerprint density at radius 2 is 1.52 bits per heavy atom. The number of benzene rings is 2. The van der Waals surface area contributed by atoms with Crippen LogP contribution in [0.15, 0.2) is 79.0 Å². The Morgan fingerprint density at radius 1 is 0.840 bits per heavy atom. The van der Waals surface area contributed by atoms with Gasteiger partial charge in [-0.15, -0.1) is 0 Å². The third kappa shape index (κ3) is 4.51. The van der Waals surface area contributed by atoms with Gasteiger partial charge < -0.3 is 10.6 Å². The number of amides is 2. The average molecular weight is 331 g/mol. The SMILES string of the molecule is O=C(CNC(=O)c1ccccc1)Nc1ccc(-c2ccccc2)nc1. The van der Waals surface area contributed by atoms with E-state index in [1.165, 1.54) is 0 Å². The molecule has 0 radical (unpaired) electrons. The molecule has 5 nitrogen and oxygen atoms in total. The van der Waals surface area contributed by atoms with Crippen LogP contribution < -0.4 is 10.6 Å². The van der Waals surface area contributed by atoms with Crippen LogP contribution in [0.1, 0.15) is 10.4 Å². The van der Waals surface area contributed by atoms with Gasteiger partial charge in [-0.25, -0.2) is 0 Å². The quantitative estimate of drug-likeness (QED) is 0.754. The molecule has 3 rings (SSSR count). The molecule has 1 aromatic heterocycles. The molecule has 3 aromatic rings. The molecule has 0 spiro atoms. The van der Waals surface area contributed by atoms with E-state index in [0.29, 0.717) is 11.3 Å². The molecular weight excluding hydrogens is 314 g/mol. The normalized spacial score (nSPS) is 10.1. The Bertz CT molecular complexity index is 847. The first-order valence-corrected chi connectivity index (χ1v) is 7.87. The zero-order valence-corrected chi connectivity index (χ0v) is 13.5. The standard InChI is InChI=1S/C20H17N3O2/c24-19(14-22-20(25)16-9-5-2-6-10-16)23-17-11-12-18(21-13-17)15-7-3-1-4-8-15/h1-13H,14H2,(H,22,25)(H,23,24). The fourth-order valence-corrected chi connectivity index (χ4v) is 2.30. The smallest absolute Gasteiger partial charge is 0.251 e. The molecular formula is C20H17N3O2. The van der Waals surface area contributed by atoms with E-state index in [9.17, 15) is 9.59 Å². The highest BCUT2D eigenvalue weighted by molar-refractivity contribution is 5.99. The summed E-state index contributed by atoms with van der Waals surface area (Å²) in [6.07, 6.45) is 1.60. The molecule has 2 aromatic carbocycles. The van der Waals surface area contributed by atoms with E-state index >= 15 is 0 Å². The first kappa shape index (κ1) is 16.4. The second-order valence-electron chi connectivity index (χ2n) is 5.40. The van der Waals surface area contributed by atoms with Crippen molar-refractivity contribution < 1.29 is 9.59 Å². The summed E-state index contributed by atoms with van der Waals surface area (Å²) in [6, 6.07) is 22.2. The van der Waals surface area contributed by atoms with Crippen LogP contribution in [-0.2, 0) is 4.79 Å². The van der Waals surface area contributed by atoms with Gasteiger partial charge in [0.15, 0.2) is 0 Å². The van der Waals surface area contributed by atoms with E-state index < -0.39 is 0 Å². The maximum Gasteiger partial charge on any atom is 0.251 e. The van der Waals surface area contributed by atoms with E-state index in [-0.39, 0.29) is 18.4 Å². The van der Waals surface area contributed by atoms with Crippen LogP contribution in [0.2, 0.25) is 0 Å². The summed E-state index contributed by atoms with van der Waals surface area (Å²) in [4.78, 5) is 28.2. The summed E-state index contributed by atoms with van der Waals surface area (Å²) < 4.78 is 0. The molecule has 0 saturated heterocycles. The van der Waals surface area contributed by atoms with Crippen LogP contribution >= 0.6 is 0 Å². The van der Waals surface area contributed by atoms with E-state index in [1.54, 1.807) is 36.5 Å². The molecule has 2 N–H and O–H groups in total. The van der Waals surface area contributed by atoms with Crippen molar-refractivity contribution in [1.82, 2.24) is 10.3 Å². The average Bonchev–Trinajstić information content (AvgIpc) is 2.68. The maximum absolute atomic E-state index is 11.9. The van der Waals surface area contributed by atoms with Crippen molar-refractivity contribution in [3.05, 3.63) is 84.6 Å². The third-order valence-electron chi connectivity index (χ3n) is 3.56. The first-order chi connectivity index (χ1) is 12.2. The van der Waals surface area contributed by atoms with Gasteiger partial charge in [0, 0.05) is 11.1 Å². The van der Waals surface area contributed by atoms with E-state index in [0.717, 1.165) is 11.3 Å². The molecule has 0 fully saturated rings. The highest BCUT2D eigenvalue weighted by Crippen LogP contribution is 2.17. The van der Waals surface area contributed by atoms with Gasteiger partial charge >= 0.3 is 0 Å². The molecule has 1 heterocycles. The summed E-state index contributed by atoms with van der Waals surface area (Å²) in [5.41, 5.74) is 2.94. The van der Waals surface area contributed by atoms with Crippen LogP contribution in [0.25, 0.3) is 11.3 Å². The van der Waals surface area contributed by atoms with Gasteiger partial charge in [0.05, 0.1) is 24.1 Å². The van der Waals surface area contributed by atoms with Crippen molar-refractivity contribution in [3.63, 3.8) is 0 Å². The van der Waals surface area contributed by atoms with Crippen molar-refractivity contribution in [2.75, 3.05) is 11.9 Å². The number of nitrogens with zero attached hydrogens (tertiary/aromatic N) is 1. The Kier molecular flexibility index (Phi) is 5.16. The number of aromatic nitrogens is 1. The minimum atomic E-state index is -0.307. The van der Waals surface area contributed by atoms with Gasteiger partial charge in [0.1, 0.15) is 0 Å². The largest absolute Gasteiger partial charge is 0.343 e. The van der Waals surface area contributed by atoms with E-state index in [1.807, 2.05) is 42.5 Å². The Labute approximate surface area is 145 Å². The highest BCUT2D eigenvalue weighted by Gasteiger charge is 2.08. The van der Waals surface area contributed by atoms with Gasteiger partial charge in [-0.1, -0.05) is 48.5 Å². The molecule has 5 heteroatoms. The lowest BCUT2D eigenvalue weighted by Gasteiger charge is -2.07. The van der Waals surface area contributed by atoms with Gasteiger partial charge in [0.2, 0.25) is 5.91 Å². The molecule has 0 aliphatic rings. The summed E-state index contributed by atoms with van der Waals surface area (Å²) >= 11 is 0. The lowest BCUT2D eigenvalue weighted by atomic mass is 10.1. The van der Waals surface area contributed by atoms with Gasteiger partial charge in [0.25, 0.3) is 5.91 Å². The lowest BCUT2D eigenvalue weighted by Crippen LogP contribution is -2.32. The summed E-state index contributed by atoms with van der Waals surface area (Å²) in [7, 11) is 0. The second-order valence-corrected chi connectivity index (χ2v) is 5.40. The topological polar surface area (TPSA) is 71.1 Å². The number of carbonyl (C=O) groups excluding carboxylic acids is 2. The molecule has 0 aliphatic heterocycles. The van der Waals surface area contributed by atoms with Crippen molar-refractivity contribution >= 4 is 17.5 Å². The fraction of sp³-hybridized carbons (Fsp3) is 0.0500. The molecule has 124 valence electrons. The second kappa shape index (κ2) is 7.88. The number of rotatable bonds is 5. The molecule has 0 bridgehead atoms. The van der Waals surface area contributed by atoms with Gasteiger partial charge in [-0.3, -0.25) is 14.6 Å². The first-order valence-electron chi connectivity index (χ1n) is 7.87. The molecule has 0 aliphatic carbocycles. The number of anilines is 1. The number of hydrogen-bond acceptors (Lipinski definition) is 3. The molecule has 2 amide bonds. The van der Waals surface area contributed by atoms with Crippen molar-refractivity contribution in [1.29, 1.82) is 0 Å². The number of pyridine rings is 1. The lowest BCUT2D eigenvalue weighted by molar-refractivity contribution is -0.115. The summed E-state index contributed by atoms with van der Waals surface area (Å²) in [6.45, 7) is -0.103. The highest BCUT2D eigenvalue weighted by atomic mass is 16.2. The van der Waals surface area contributed by atoms with Crippen molar-refractivity contribution in [2.45, 2.75) is 0 Å². The maximum atomic E-state index is 11.9. The number of carbonyl (C=O) groups is 2. The zero-order chi connectivity index (χ0) is 17.5. The minimum Gasteiger partial charge on any atom is -0.343 e. The van der Waals surface area contributed by atoms with Crippen LogP contribution in [0.3, 0.4) is 0 Å². The monoisotopic (exact) mass is 331 g/mol. The molecule has 0 atom stereocenters. The van der Waals surface area contributed by atoms with Gasteiger partial charge in [-0.05, 0) is 24.3 Å². The van der Waals surface area contributed by atoms with Gasteiger partial charge in [-0.2, -0.15) is 0 Å². The molecule has 25 heavy (non-hydrogen) atoms. The minimum absolute atomic E-state index is 0.103. The zero-order valence-electron chi connectivity index (χ0n) is 13.5. The third-order valence-corrected chi connectivity index (χ3v) is 3.56. The molecule has 0 unspecified atom stereocenters. The summed E-state index contributed by atoms with van der Waals surface area (Å²) in [5.74, 6) is -0.591.